The van der Waals surface area contributed by atoms with Crippen LogP contribution in [0.3, 0.4) is 0 Å². The van der Waals surface area contributed by atoms with Crippen LogP contribution in [0.2, 0.25) is 10.0 Å². The summed E-state index contributed by atoms with van der Waals surface area (Å²) in [7, 11) is -3.82. The maximum atomic E-state index is 12.5. The molecule has 0 aliphatic rings. The molecular formula is C15H12Cl2N2O2S2. The van der Waals surface area contributed by atoms with Crippen LogP contribution in [-0.2, 0) is 10.0 Å². The second-order valence-corrected chi connectivity index (χ2v) is 8.25. The summed E-state index contributed by atoms with van der Waals surface area (Å²) in [5.74, 6) is 0. The maximum absolute atomic E-state index is 12.5. The Morgan fingerprint density at radius 1 is 1.04 bits per heavy atom. The van der Waals surface area contributed by atoms with E-state index in [0.29, 0.717) is 5.69 Å². The van der Waals surface area contributed by atoms with E-state index in [0.717, 1.165) is 27.8 Å². The fraction of sp³-hybridized carbons (Fsp3) is 0.133. The van der Waals surface area contributed by atoms with Gasteiger partial charge < -0.3 is 0 Å². The highest BCUT2D eigenvalue weighted by atomic mass is 35.5. The Morgan fingerprint density at radius 2 is 1.57 bits per heavy atom. The molecule has 4 nitrogen and oxygen atoms in total. The van der Waals surface area contributed by atoms with Crippen molar-refractivity contribution in [3.8, 4) is 5.40 Å². The van der Waals surface area contributed by atoms with Gasteiger partial charge in [-0.3, -0.25) is 4.72 Å². The Hall–Kier alpha value is -1.39. The molecule has 0 saturated heterocycles. The van der Waals surface area contributed by atoms with E-state index in [2.05, 4.69) is 4.72 Å². The van der Waals surface area contributed by atoms with Crippen molar-refractivity contribution in [2.75, 3.05) is 4.72 Å². The molecule has 0 aliphatic heterocycles. The van der Waals surface area contributed by atoms with Gasteiger partial charge in [0, 0.05) is 14.9 Å². The Balaban J connectivity index is 2.43. The van der Waals surface area contributed by atoms with E-state index in [-0.39, 0.29) is 14.9 Å². The topological polar surface area (TPSA) is 70.0 Å². The molecule has 2 aromatic carbocycles. The Bertz CT molecular complexity index is 863. The lowest BCUT2D eigenvalue weighted by atomic mass is 10.1. The third kappa shape index (κ3) is 4.33. The molecule has 23 heavy (non-hydrogen) atoms. The zero-order chi connectivity index (χ0) is 17.2. The number of nitrogens with one attached hydrogen (secondary N) is 1. The Kier molecular flexibility index (Phi) is 5.48. The number of halogens is 2. The van der Waals surface area contributed by atoms with Crippen LogP contribution in [0.5, 0.6) is 0 Å². The first-order valence-corrected chi connectivity index (χ1v) is 9.44. The van der Waals surface area contributed by atoms with E-state index in [1.807, 2.05) is 5.40 Å². The predicted octanol–water partition coefficient (Wildman–Crippen LogP) is 4.98. The summed E-state index contributed by atoms with van der Waals surface area (Å²) in [4.78, 5) is 0.750. The van der Waals surface area contributed by atoms with Crippen LogP contribution >= 0.6 is 35.0 Å². The van der Waals surface area contributed by atoms with Crippen molar-refractivity contribution in [2.24, 2.45) is 0 Å². The molecule has 2 aromatic rings. The second kappa shape index (κ2) is 7.02. The molecule has 0 radical (unpaired) electrons. The third-order valence-electron chi connectivity index (χ3n) is 3.05. The molecule has 0 bridgehead atoms. The molecule has 120 valence electrons. The second-order valence-electron chi connectivity index (χ2n) is 4.84. The number of nitriles is 1. The molecule has 0 unspecified atom stereocenters. The molecule has 0 atom stereocenters. The molecule has 0 aliphatic carbocycles. The third-order valence-corrected chi connectivity index (χ3v) is 5.38. The van der Waals surface area contributed by atoms with Crippen molar-refractivity contribution in [1.82, 2.24) is 0 Å². The van der Waals surface area contributed by atoms with Crippen LogP contribution in [0.25, 0.3) is 0 Å². The van der Waals surface area contributed by atoms with Crippen molar-refractivity contribution in [1.29, 1.82) is 5.26 Å². The first kappa shape index (κ1) is 18.0. The number of hydrogen-bond donors (Lipinski definition) is 1. The monoisotopic (exact) mass is 386 g/mol. The molecule has 0 spiro atoms. The Morgan fingerprint density at radius 3 is 2.04 bits per heavy atom. The number of benzene rings is 2. The highest BCUT2D eigenvalue weighted by molar-refractivity contribution is 8.03. The summed E-state index contributed by atoms with van der Waals surface area (Å²) >= 11 is 12.8. The number of anilines is 1. The van der Waals surface area contributed by atoms with E-state index < -0.39 is 10.0 Å². The number of thioether (sulfide) groups is 1. The minimum absolute atomic E-state index is 0.00993. The average Bonchev–Trinajstić information content (AvgIpc) is 2.42. The van der Waals surface area contributed by atoms with Crippen LogP contribution in [0, 0.1) is 24.5 Å². The minimum atomic E-state index is -3.82. The number of thiocyanates is 1. The van der Waals surface area contributed by atoms with Crippen LogP contribution in [-0.4, -0.2) is 8.42 Å². The van der Waals surface area contributed by atoms with Gasteiger partial charge in [-0.2, -0.15) is 5.26 Å². The highest BCUT2D eigenvalue weighted by Crippen LogP contribution is 2.30. The molecule has 2 rings (SSSR count). The van der Waals surface area contributed by atoms with Gasteiger partial charge in [0.2, 0.25) is 0 Å². The molecular weight excluding hydrogens is 375 g/mol. The van der Waals surface area contributed by atoms with Crippen LogP contribution in [0.1, 0.15) is 11.1 Å². The van der Waals surface area contributed by atoms with Gasteiger partial charge >= 0.3 is 0 Å². The number of sulfonamides is 1. The summed E-state index contributed by atoms with van der Waals surface area (Å²) in [5.41, 5.74) is 1.92. The lowest BCUT2D eigenvalue weighted by Crippen LogP contribution is -2.15. The largest absolute Gasteiger partial charge is 0.279 e. The fourth-order valence-electron chi connectivity index (χ4n) is 2.07. The van der Waals surface area contributed by atoms with Gasteiger partial charge in [-0.05, 0) is 67.1 Å². The fourth-order valence-corrected chi connectivity index (χ4v) is 4.58. The summed E-state index contributed by atoms with van der Waals surface area (Å²) in [5, 5.41) is 11.2. The van der Waals surface area contributed by atoms with Gasteiger partial charge in [-0.15, -0.1) is 0 Å². The van der Waals surface area contributed by atoms with Crippen molar-refractivity contribution < 1.29 is 8.42 Å². The molecule has 0 saturated carbocycles. The summed E-state index contributed by atoms with van der Waals surface area (Å²) < 4.78 is 27.6. The van der Waals surface area contributed by atoms with Gasteiger partial charge in [0.25, 0.3) is 10.0 Å². The van der Waals surface area contributed by atoms with E-state index >= 15 is 0 Å². The first-order chi connectivity index (χ1) is 10.7. The minimum Gasteiger partial charge on any atom is -0.279 e. The van der Waals surface area contributed by atoms with E-state index in [9.17, 15) is 8.42 Å². The van der Waals surface area contributed by atoms with Crippen LogP contribution < -0.4 is 4.72 Å². The van der Waals surface area contributed by atoms with E-state index in [1.54, 1.807) is 26.0 Å². The lowest BCUT2D eigenvalue weighted by Gasteiger charge is -2.14. The molecule has 8 heteroatoms. The number of nitrogens with zero attached hydrogens (tertiary/aromatic N) is 1. The van der Waals surface area contributed by atoms with Crippen molar-refractivity contribution in [3.05, 3.63) is 51.5 Å². The maximum Gasteiger partial charge on any atom is 0.262 e. The molecule has 0 fully saturated rings. The van der Waals surface area contributed by atoms with Gasteiger partial charge in [0.05, 0.1) is 10.6 Å². The van der Waals surface area contributed by atoms with Crippen molar-refractivity contribution in [3.63, 3.8) is 0 Å². The van der Waals surface area contributed by atoms with E-state index in [4.69, 9.17) is 28.5 Å². The Labute approximate surface area is 149 Å². The van der Waals surface area contributed by atoms with Gasteiger partial charge in [-0.1, -0.05) is 23.2 Å². The predicted molar refractivity (Wildman–Crippen MR) is 94.7 cm³/mol. The van der Waals surface area contributed by atoms with Gasteiger partial charge in [0.15, 0.2) is 0 Å². The average molecular weight is 387 g/mol. The molecule has 1 N–H and O–H groups in total. The highest BCUT2D eigenvalue weighted by Gasteiger charge is 2.18. The standard InChI is InChI=1S/C15H12Cl2N2O2S2/c1-9-3-13(22-8-18)4-10(2)15(9)19-23(20,21)14-6-11(16)5-12(17)7-14/h3-7,19H,1-2H3. The smallest absolute Gasteiger partial charge is 0.262 e. The van der Waals surface area contributed by atoms with Gasteiger partial charge in [-0.25, -0.2) is 8.42 Å². The zero-order valence-corrected chi connectivity index (χ0v) is 15.4. The summed E-state index contributed by atoms with van der Waals surface area (Å²) in [6.07, 6.45) is 0. The van der Waals surface area contributed by atoms with Gasteiger partial charge in [0.1, 0.15) is 5.40 Å². The van der Waals surface area contributed by atoms with Crippen LogP contribution in [0.15, 0.2) is 40.1 Å². The SMILES string of the molecule is Cc1cc(SC#N)cc(C)c1NS(=O)(=O)c1cc(Cl)cc(Cl)c1. The summed E-state index contributed by atoms with van der Waals surface area (Å²) in [6, 6.07) is 7.64. The quantitative estimate of drug-likeness (QED) is 0.593. The zero-order valence-electron chi connectivity index (χ0n) is 12.2. The molecule has 0 aromatic heterocycles. The van der Waals surface area contributed by atoms with E-state index in [1.165, 1.54) is 18.2 Å². The number of rotatable bonds is 4. The first-order valence-electron chi connectivity index (χ1n) is 6.39. The van der Waals surface area contributed by atoms with Crippen molar-refractivity contribution >= 4 is 50.7 Å². The summed E-state index contributed by atoms with van der Waals surface area (Å²) in [6.45, 7) is 3.55. The molecule has 0 amide bonds. The normalized spacial score (nSPS) is 11.1. The number of hydrogen-bond acceptors (Lipinski definition) is 4. The number of aryl methyl sites for hydroxylation is 2. The van der Waals surface area contributed by atoms with Crippen LogP contribution in [0.4, 0.5) is 5.69 Å². The van der Waals surface area contributed by atoms with Crippen molar-refractivity contribution in [2.45, 2.75) is 23.6 Å². The molecule has 0 heterocycles. The lowest BCUT2D eigenvalue weighted by molar-refractivity contribution is 0.601.